The van der Waals surface area contributed by atoms with Gasteiger partial charge < -0.3 is 19.9 Å². The number of benzene rings is 3. The summed E-state index contributed by atoms with van der Waals surface area (Å²) < 4.78 is 13.1. The summed E-state index contributed by atoms with van der Waals surface area (Å²) in [5.74, 6) is 0.962. The topological polar surface area (TPSA) is 80.2 Å². The molecule has 0 fully saturated rings. The first-order chi connectivity index (χ1) is 19.6. The Bertz CT molecular complexity index is 1290. The lowest BCUT2D eigenvalue weighted by Crippen LogP contribution is -2.48. The maximum Gasteiger partial charge on any atom is 0.252 e. The number of carbonyl (C=O) groups excluding carboxylic acids is 1. The molecular weight excluding hydrogens is 568 g/mol. The zero-order valence-corrected chi connectivity index (χ0v) is 24.5. The molecule has 0 saturated carbocycles. The van der Waals surface area contributed by atoms with Gasteiger partial charge in [-0.3, -0.25) is 4.79 Å². The molecule has 6 nitrogen and oxygen atoms in total. The van der Waals surface area contributed by atoms with Crippen LogP contribution >= 0.6 is 15.9 Å². The molecule has 3 aromatic carbocycles. The molecule has 2 atom stereocenters. The minimum atomic E-state index is -1.20. The van der Waals surface area contributed by atoms with Crippen molar-refractivity contribution in [1.82, 2.24) is 5.32 Å². The molecule has 0 saturated heterocycles. The molecule has 1 aliphatic rings. The van der Waals surface area contributed by atoms with E-state index in [0.29, 0.717) is 37.6 Å². The molecule has 0 spiro atoms. The average molecular weight is 606 g/mol. The second kappa shape index (κ2) is 14.8. The normalized spacial score (nSPS) is 18.4. The predicted octanol–water partition coefficient (Wildman–Crippen LogP) is 6.88. The molecule has 0 aromatic heterocycles. The van der Waals surface area contributed by atoms with Gasteiger partial charge in [0.2, 0.25) is 5.90 Å². The monoisotopic (exact) mass is 604 g/mol. The van der Waals surface area contributed by atoms with E-state index in [1.165, 1.54) is 0 Å². The summed E-state index contributed by atoms with van der Waals surface area (Å²) in [5.41, 5.74) is 1.48. The minimum absolute atomic E-state index is 0.0838. The Kier molecular flexibility index (Phi) is 11.0. The fourth-order valence-electron chi connectivity index (χ4n) is 4.65. The number of aliphatic imine (C=N–C) groups is 1. The zero-order chi connectivity index (χ0) is 28.2. The lowest BCUT2D eigenvalue weighted by molar-refractivity contribution is -0.128. The molecule has 1 aliphatic heterocycles. The molecule has 0 aliphatic carbocycles. The molecule has 0 unspecified atom stereocenters. The van der Waals surface area contributed by atoms with Crippen LogP contribution in [0.4, 0.5) is 0 Å². The number of amides is 1. The van der Waals surface area contributed by atoms with Gasteiger partial charge in [-0.05, 0) is 42.3 Å². The van der Waals surface area contributed by atoms with Crippen molar-refractivity contribution in [1.29, 1.82) is 0 Å². The summed E-state index contributed by atoms with van der Waals surface area (Å²) in [4.78, 5) is 19.1. The lowest BCUT2D eigenvalue weighted by Gasteiger charge is -2.30. The van der Waals surface area contributed by atoms with Crippen LogP contribution in [-0.2, 0) is 9.53 Å². The first-order valence-electron chi connectivity index (χ1n) is 13.9. The van der Waals surface area contributed by atoms with Crippen molar-refractivity contribution in [3.05, 3.63) is 106 Å². The Hall–Kier alpha value is -3.42. The van der Waals surface area contributed by atoms with Gasteiger partial charge in [-0.2, -0.15) is 0 Å². The number of aliphatic hydroxyl groups is 1. The Balaban J connectivity index is 1.71. The van der Waals surface area contributed by atoms with E-state index in [0.717, 1.165) is 40.4 Å². The van der Waals surface area contributed by atoms with Gasteiger partial charge in [-0.15, -0.1) is 0 Å². The van der Waals surface area contributed by atoms with Crippen LogP contribution < -0.4 is 10.1 Å². The van der Waals surface area contributed by atoms with Crippen LogP contribution in [0.1, 0.15) is 61.8 Å². The number of hydrogen-bond donors (Lipinski definition) is 2. The molecular formula is C33H37BrN2O4. The fraction of sp³-hybridized carbons (Fsp3) is 0.333. The standard InChI is InChI=1S/C33H37BrN2O4/c1-2-3-9-22-35-32(38)33(21-10-14-25-12-5-4-6-13-25)30(28-15-7-8-16-29(28)34)40-31(36-33)26-17-19-27(20-18-26)39-24-11-23-37/h4-8,10,12-20,30,37H,2-3,9,11,21-24H2,1H3,(H,35,38)/b14-10+/t30-,33-/m1/s1. The van der Waals surface area contributed by atoms with Crippen molar-refractivity contribution < 1.29 is 19.4 Å². The maximum absolute atomic E-state index is 14.1. The summed E-state index contributed by atoms with van der Waals surface area (Å²) in [7, 11) is 0. The highest BCUT2D eigenvalue weighted by Gasteiger charge is 2.52. The molecule has 3 aromatic rings. The third-order valence-electron chi connectivity index (χ3n) is 6.82. The van der Waals surface area contributed by atoms with Gasteiger partial charge in [-0.25, -0.2) is 4.99 Å². The van der Waals surface area contributed by atoms with E-state index in [9.17, 15) is 4.79 Å². The van der Waals surface area contributed by atoms with Crippen molar-refractivity contribution in [3.8, 4) is 5.75 Å². The number of ether oxygens (including phenoxy) is 2. The third kappa shape index (κ3) is 7.40. The summed E-state index contributed by atoms with van der Waals surface area (Å²) in [5, 5.41) is 12.2. The van der Waals surface area contributed by atoms with Crippen LogP contribution in [0, 0.1) is 0 Å². The molecule has 4 rings (SSSR count). The van der Waals surface area contributed by atoms with Crippen molar-refractivity contribution >= 4 is 33.8 Å². The highest BCUT2D eigenvalue weighted by molar-refractivity contribution is 9.10. The highest BCUT2D eigenvalue weighted by Crippen LogP contribution is 2.45. The third-order valence-corrected chi connectivity index (χ3v) is 7.54. The van der Waals surface area contributed by atoms with E-state index in [4.69, 9.17) is 19.6 Å². The van der Waals surface area contributed by atoms with E-state index in [1.54, 1.807) is 0 Å². The summed E-state index contributed by atoms with van der Waals surface area (Å²) in [6, 6.07) is 25.3. The Morgan fingerprint density at radius 3 is 2.52 bits per heavy atom. The minimum Gasteiger partial charge on any atom is -0.494 e. The zero-order valence-electron chi connectivity index (χ0n) is 22.9. The van der Waals surface area contributed by atoms with E-state index in [-0.39, 0.29) is 12.5 Å². The Labute approximate surface area is 245 Å². The number of halogens is 1. The van der Waals surface area contributed by atoms with E-state index in [2.05, 4.69) is 28.2 Å². The van der Waals surface area contributed by atoms with E-state index in [1.807, 2.05) is 91.0 Å². The van der Waals surface area contributed by atoms with Crippen molar-refractivity contribution in [2.45, 2.75) is 50.7 Å². The average Bonchev–Trinajstić information content (AvgIpc) is 3.37. The number of hydrogen-bond acceptors (Lipinski definition) is 5. The van der Waals surface area contributed by atoms with Crippen LogP contribution in [0.25, 0.3) is 6.08 Å². The number of rotatable bonds is 14. The second-order valence-corrected chi connectivity index (χ2v) is 10.6. The molecule has 0 bridgehead atoms. The SMILES string of the molecule is CCCCCNC(=O)[C@]1(C/C=C/c2ccccc2)N=C(c2ccc(OCCCO)cc2)O[C@@H]1c1ccccc1Br. The van der Waals surface area contributed by atoms with Gasteiger partial charge in [0, 0.05) is 41.6 Å². The number of aliphatic hydroxyl groups excluding tert-OH is 1. The molecule has 40 heavy (non-hydrogen) atoms. The lowest BCUT2D eigenvalue weighted by atomic mass is 9.84. The van der Waals surface area contributed by atoms with Crippen LogP contribution in [0.3, 0.4) is 0 Å². The largest absolute Gasteiger partial charge is 0.494 e. The fourth-order valence-corrected chi connectivity index (χ4v) is 5.14. The van der Waals surface area contributed by atoms with E-state index >= 15 is 0 Å². The molecule has 1 amide bonds. The van der Waals surface area contributed by atoms with Crippen LogP contribution in [-0.4, -0.2) is 42.2 Å². The quantitative estimate of drug-likeness (QED) is 0.197. The van der Waals surface area contributed by atoms with Crippen molar-refractivity contribution in [2.75, 3.05) is 19.8 Å². The first-order valence-corrected chi connectivity index (χ1v) is 14.7. The van der Waals surface area contributed by atoms with Gasteiger partial charge in [0.15, 0.2) is 11.6 Å². The highest BCUT2D eigenvalue weighted by atomic mass is 79.9. The molecule has 210 valence electrons. The molecule has 0 radical (unpaired) electrons. The number of carbonyl (C=O) groups is 1. The predicted molar refractivity (Wildman–Crippen MR) is 164 cm³/mol. The first kappa shape index (κ1) is 29.6. The van der Waals surface area contributed by atoms with Crippen molar-refractivity contribution in [2.24, 2.45) is 4.99 Å². The van der Waals surface area contributed by atoms with Gasteiger partial charge in [0.1, 0.15) is 5.75 Å². The second-order valence-electron chi connectivity index (χ2n) is 9.79. The summed E-state index contributed by atoms with van der Waals surface area (Å²) in [6.07, 6.45) is 7.36. The Morgan fingerprint density at radius 2 is 1.80 bits per heavy atom. The molecule has 1 heterocycles. The van der Waals surface area contributed by atoms with Gasteiger partial charge in [0.05, 0.1) is 6.61 Å². The Morgan fingerprint density at radius 1 is 1.05 bits per heavy atom. The molecule has 7 heteroatoms. The maximum atomic E-state index is 14.1. The van der Waals surface area contributed by atoms with Gasteiger partial charge >= 0.3 is 0 Å². The summed E-state index contributed by atoms with van der Waals surface area (Å²) in [6.45, 7) is 3.25. The van der Waals surface area contributed by atoms with E-state index < -0.39 is 11.6 Å². The number of unbranched alkanes of at least 4 members (excludes halogenated alkanes) is 2. The smallest absolute Gasteiger partial charge is 0.252 e. The van der Waals surface area contributed by atoms with Crippen molar-refractivity contribution in [3.63, 3.8) is 0 Å². The number of nitrogens with one attached hydrogen (secondary N) is 1. The van der Waals surface area contributed by atoms with Gasteiger partial charge in [-0.1, -0.05) is 96.4 Å². The van der Waals surface area contributed by atoms with Crippen LogP contribution in [0.15, 0.2) is 94.4 Å². The van der Waals surface area contributed by atoms with Crippen LogP contribution in [0.2, 0.25) is 0 Å². The van der Waals surface area contributed by atoms with Gasteiger partial charge in [0.25, 0.3) is 5.91 Å². The number of nitrogens with zero attached hydrogens (tertiary/aromatic N) is 1. The summed E-state index contributed by atoms with van der Waals surface area (Å²) >= 11 is 3.69. The van der Waals surface area contributed by atoms with Crippen LogP contribution in [0.5, 0.6) is 5.75 Å². The molecule has 2 N–H and O–H groups in total.